The summed E-state index contributed by atoms with van der Waals surface area (Å²) in [6, 6.07) is 6.30. The van der Waals surface area contributed by atoms with Crippen molar-refractivity contribution in [3.05, 3.63) is 28.2 Å². The summed E-state index contributed by atoms with van der Waals surface area (Å²) in [5.41, 5.74) is 7.86. The fourth-order valence-corrected chi connectivity index (χ4v) is 1.50. The SMILES string of the molecule is Cc1cc(NCCCCN)ccc1Br. The van der Waals surface area contributed by atoms with Crippen LogP contribution in [0.15, 0.2) is 22.7 Å². The Kier molecular flexibility index (Phi) is 4.98. The first kappa shape index (κ1) is 11.5. The molecule has 0 aliphatic heterocycles. The summed E-state index contributed by atoms with van der Waals surface area (Å²) in [5.74, 6) is 0. The number of rotatable bonds is 5. The summed E-state index contributed by atoms with van der Waals surface area (Å²) in [7, 11) is 0. The van der Waals surface area contributed by atoms with Gasteiger partial charge in [-0.1, -0.05) is 15.9 Å². The van der Waals surface area contributed by atoms with Crippen LogP contribution in [-0.4, -0.2) is 13.1 Å². The first-order valence-corrected chi connectivity index (χ1v) is 5.73. The number of hydrogen-bond donors (Lipinski definition) is 2. The Morgan fingerprint density at radius 2 is 2.14 bits per heavy atom. The topological polar surface area (TPSA) is 38.0 Å². The number of nitrogens with one attached hydrogen (secondary N) is 1. The van der Waals surface area contributed by atoms with Crippen LogP contribution in [0.3, 0.4) is 0 Å². The summed E-state index contributed by atoms with van der Waals surface area (Å²) in [4.78, 5) is 0. The monoisotopic (exact) mass is 256 g/mol. The molecular formula is C11H17BrN2. The van der Waals surface area contributed by atoms with Gasteiger partial charge < -0.3 is 11.1 Å². The zero-order valence-electron chi connectivity index (χ0n) is 8.52. The molecule has 0 radical (unpaired) electrons. The Hall–Kier alpha value is -0.540. The molecule has 0 atom stereocenters. The molecule has 1 aromatic rings. The Bertz CT molecular complexity index is 287. The van der Waals surface area contributed by atoms with E-state index in [9.17, 15) is 0 Å². The molecule has 3 N–H and O–H groups in total. The maximum Gasteiger partial charge on any atom is 0.0343 e. The van der Waals surface area contributed by atoms with Crippen LogP contribution < -0.4 is 11.1 Å². The van der Waals surface area contributed by atoms with Crippen molar-refractivity contribution >= 4 is 21.6 Å². The molecule has 0 spiro atoms. The van der Waals surface area contributed by atoms with E-state index in [1.807, 2.05) is 0 Å². The number of nitrogens with two attached hydrogens (primary N) is 1. The van der Waals surface area contributed by atoms with Crippen LogP contribution in [0.5, 0.6) is 0 Å². The van der Waals surface area contributed by atoms with Gasteiger partial charge in [-0.3, -0.25) is 0 Å². The summed E-state index contributed by atoms with van der Waals surface area (Å²) in [6.07, 6.45) is 2.22. The van der Waals surface area contributed by atoms with E-state index in [0.717, 1.165) is 30.4 Å². The Morgan fingerprint density at radius 3 is 2.79 bits per heavy atom. The van der Waals surface area contributed by atoms with Gasteiger partial charge in [-0.2, -0.15) is 0 Å². The Morgan fingerprint density at radius 1 is 1.36 bits per heavy atom. The first-order chi connectivity index (χ1) is 6.74. The molecule has 0 amide bonds. The van der Waals surface area contributed by atoms with E-state index >= 15 is 0 Å². The molecule has 78 valence electrons. The molecule has 14 heavy (non-hydrogen) atoms. The highest BCUT2D eigenvalue weighted by atomic mass is 79.9. The maximum atomic E-state index is 5.42. The lowest BCUT2D eigenvalue weighted by atomic mass is 10.2. The van der Waals surface area contributed by atoms with E-state index in [2.05, 4.69) is 46.4 Å². The maximum absolute atomic E-state index is 5.42. The van der Waals surface area contributed by atoms with Gasteiger partial charge in [0.15, 0.2) is 0 Å². The molecule has 0 heterocycles. The van der Waals surface area contributed by atoms with Crippen LogP contribution in [0.4, 0.5) is 5.69 Å². The van der Waals surface area contributed by atoms with E-state index in [1.54, 1.807) is 0 Å². The minimum Gasteiger partial charge on any atom is -0.385 e. The van der Waals surface area contributed by atoms with Crippen LogP contribution >= 0.6 is 15.9 Å². The van der Waals surface area contributed by atoms with Crippen LogP contribution in [0.25, 0.3) is 0 Å². The molecule has 0 saturated heterocycles. The number of unbranched alkanes of at least 4 members (excludes halogenated alkanes) is 1. The molecular weight excluding hydrogens is 240 g/mol. The van der Waals surface area contributed by atoms with Gasteiger partial charge in [-0.05, 0) is 50.1 Å². The summed E-state index contributed by atoms with van der Waals surface area (Å²) < 4.78 is 1.16. The van der Waals surface area contributed by atoms with Crippen molar-refractivity contribution < 1.29 is 0 Å². The number of benzene rings is 1. The summed E-state index contributed by atoms with van der Waals surface area (Å²) in [5, 5.41) is 3.37. The number of aryl methyl sites for hydroxylation is 1. The molecule has 0 saturated carbocycles. The van der Waals surface area contributed by atoms with Crippen LogP contribution in [0.1, 0.15) is 18.4 Å². The number of halogens is 1. The van der Waals surface area contributed by atoms with Gasteiger partial charge in [-0.25, -0.2) is 0 Å². The highest BCUT2D eigenvalue weighted by Gasteiger charge is 1.96. The Balaban J connectivity index is 2.39. The fourth-order valence-electron chi connectivity index (χ4n) is 1.26. The number of anilines is 1. The second-order valence-corrected chi connectivity index (χ2v) is 4.24. The van der Waals surface area contributed by atoms with Crippen LogP contribution in [-0.2, 0) is 0 Å². The second-order valence-electron chi connectivity index (χ2n) is 3.39. The minimum absolute atomic E-state index is 0.779. The molecule has 3 heteroatoms. The lowest BCUT2D eigenvalue weighted by Crippen LogP contribution is -2.05. The van der Waals surface area contributed by atoms with Gasteiger partial charge in [0.05, 0.1) is 0 Å². The van der Waals surface area contributed by atoms with Gasteiger partial charge >= 0.3 is 0 Å². The largest absolute Gasteiger partial charge is 0.385 e. The predicted molar refractivity (Wildman–Crippen MR) is 65.7 cm³/mol. The first-order valence-electron chi connectivity index (χ1n) is 4.94. The molecule has 1 rings (SSSR count). The van der Waals surface area contributed by atoms with Crippen molar-refractivity contribution in [2.45, 2.75) is 19.8 Å². The quantitative estimate of drug-likeness (QED) is 0.796. The number of hydrogen-bond acceptors (Lipinski definition) is 2. The van der Waals surface area contributed by atoms with E-state index in [1.165, 1.54) is 11.3 Å². The molecule has 2 nitrogen and oxygen atoms in total. The van der Waals surface area contributed by atoms with Gasteiger partial charge in [0, 0.05) is 16.7 Å². The third-order valence-electron chi connectivity index (χ3n) is 2.12. The molecule has 0 aliphatic carbocycles. The lowest BCUT2D eigenvalue weighted by molar-refractivity contribution is 0.774. The normalized spacial score (nSPS) is 10.2. The van der Waals surface area contributed by atoms with Crippen molar-refractivity contribution in [1.82, 2.24) is 0 Å². The molecule has 1 aromatic carbocycles. The summed E-state index contributed by atoms with van der Waals surface area (Å²) >= 11 is 3.48. The zero-order valence-corrected chi connectivity index (χ0v) is 10.1. The highest BCUT2D eigenvalue weighted by molar-refractivity contribution is 9.10. The van der Waals surface area contributed by atoms with Crippen molar-refractivity contribution in [2.24, 2.45) is 5.73 Å². The van der Waals surface area contributed by atoms with Gasteiger partial charge in [0.25, 0.3) is 0 Å². The second kappa shape index (κ2) is 6.04. The van der Waals surface area contributed by atoms with Gasteiger partial charge in [0.1, 0.15) is 0 Å². The minimum atomic E-state index is 0.779. The third kappa shape index (κ3) is 3.68. The van der Waals surface area contributed by atoms with Crippen LogP contribution in [0.2, 0.25) is 0 Å². The third-order valence-corrected chi connectivity index (χ3v) is 3.01. The predicted octanol–water partition coefficient (Wildman–Crippen LogP) is 2.91. The zero-order chi connectivity index (χ0) is 10.4. The van der Waals surface area contributed by atoms with E-state index in [0.29, 0.717) is 0 Å². The standard InChI is InChI=1S/C11H17BrN2/c1-9-8-10(4-5-11(9)12)14-7-3-2-6-13/h4-5,8,14H,2-3,6-7,13H2,1H3. The van der Waals surface area contributed by atoms with Gasteiger partial charge in [0.2, 0.25) is 0 Å². The molecule has 0 unspecified atom stereocenters. The molecule has 0 bridgehead atoms. The Labute approximate surface area is 94.0 Å². The van der Waals surface area contributed by atoms with E-state index in [-0.39, 0.29) is 0 Å². The van der Waals surface area contributed by atoms with Crippen molar-refractivity contribution in [3.63, 3.8) is 0 Å². The van der Waals surface area contributed by atoms with Gasteiger partial charge in [-0.15, -0.1) is 0 Å². The summed E-state index contributed by atoms with van der Waals surface area (Å²) in [6.45, 7) is 3.87. The van der Waals surface area contributed by atoms with E-state index in [4.69, 9.17) is 5.73 Å². The average Bonchev–Trinajstić information content (AvgIpc) is 2.18. The highest BCUT2D eigenvalue weighted by Crippen LogP contribution is 2.19. The van der Waals surface area contributed by atoms with Crippen molar-refractivity contribution in [1.29, 1.82) is 0 Å². The average molecular weight is 257 g/mol. The van der Waals surface area contributed by atoms with Crippen molar-refractivity contribution in [3.8, 4) is 0 Å². The molecule has 0 aliphatic rings. The molecule has 0 aromatic heterocycles. The lowest BCUT2D eigenvalue weighted by Gasteiger charge is -2.07. The van der Waals surface area contributed by atoms with Crippen LogP contribution in [0, 0.1) is 6.92 Å². The molecule has 0 fully saturated rings. The van der Waals surface area contributed by atoms with E-state index < -0.39 is 0 Å². The smallest absolute Gasteiger partial charge is 0.0343 e. The fraction of sp³-hybridized carbons (Fsp3) is 0.455. The van der Waals surface area contributed by atoms with Crippen molar-refractivity contribution in [2.75, 3.05) is 18.4 Å².